The minimum atomic E-state index is 0.252. The van der Waals surface area contributed by atoms with Gasteiger partial charge >= 0.3 is 0 Å². The molecule has 2 aromatic rings. The van der Waals surface area contributed by atoms with Gasteiger partial charge in [0.25, 0.3) is 0 Å². The van der Waals surface area contributed by atoms with Gasteiger partial charge in [0.1, 0.15) is 11.0 Å². The molecule has 3 unspecified atom stereocenters. The molecule has 0 aliphatic heterocycles. The highest BCUT2D eigenvalue weighted by Crippen LogP contribution is 2.46. The van der Waals surface area contributed by atoms with Crippen LogP contribution in [0.2, 0.25) is 10.4 Å². The number of aromatic amines is 1. The molecule has 0 saturated heterocycles. The third kappa shape index (κ3) is 2.46. The molecule has 2 aliphatic carbocycles. The standard InChI is InChI=1S/C15H17Cl2N5/c16-14-10-4-9(5-12(10)19-15(17)20-14)7-1-2-8(3-7)11-6-13(18)22-21-11/h6-9H,1-5H2,(H3,18,21,22). The average Bonchev–Trinajstić information content (AvgIpc) is 3.15. The molecule has 2 heterocycles. The molecule has 4 rings (SSSR count). The number of nitrogens with two attached hydrogens (primary N) is 1. The van der Waals surface area contributed by atoms with E-state index in [2.05, 4.69) is 20.2 Å². The number of nitrogens with zero attached hydrogens (tertiary/aromatic N) is 3. The Kier molecular flexibility index (Phi) is 3.50. The molecule has 2 aliphatic rings. The zero-order chi connectivity index (χ0) is 15.3. The van der Waals surface area contributed by atoms with Crippen LogP contribution in [0.4, 0.5) is 5.82 Å². The Bertz CT molecular complexity index is 714. The Labute approximate surface area is 138 Å². The number of nitrogens with one attached hydrogen (secondary N) is 1. The maximum absolute atomic E-state index is 6.21. The molecule has 3 N–H and O–H groups in total. The topological polar surface area (TPSA) is 80.5 Å². The first-order valence-electron chi connectivity index (χ1n) is 7.61. The summed E-state index contributed by atoms with van der Waals surface area (Å²) in [7, 11) is 0. The number of aromatic nitrogens is 4. The Hall–Kier alpha value is -1.33. The van der Waals surface area contributed by atoms with Gasteiger partial charge in [-0.1, -0.05) is 11.6 Å². The summed E-state index contributed by atoms with van der Waals surface area (Å²) < 4.78 is 0. The van der Waals surface area contributed by atoms with Crippen LogP contribution in [0.1, 0.15) is 42.1 Å². The highest BCUT2D eigenvalue weighted by atomic mass is 35.5. The van der Waals surface area contributed by atoms with Gasteiger partial charge in [-0.3, -0.25) is 5.10 Å². The van der Waals surface area contributed by atoms with Crippen molar-refractivity contribution in [2.75, 3.05) is 5.73 Å². The van der Waals surface area contributed by atoms with Gasteiger partial charge in [0.05, 0.1) is 5.69 Å². The van der Waals surface area contributed by atoms with Gasteiger partial charge in [-0.25, -0.2) is 9.97 Å². The van der Waals surface area contributed by atoms with Gasteiger partial charge in [0.15, 0.2) is 0 Å². The van der Waals surface area contributed by atoms with Crippen molar-refractivity contribution in [2.45, 2.75) is 38.0 Å². The largest absolute Gasteiger partial charge is 0.382 e. The molecule has 22 heavy (non-hydrogen) atoms. The van der Waals surface area contributed by atoms with Crippen LogP contribution in [0.25, 0.3) is 0 Å². The van der Waals surface area contributed by atoms with E-state index in [0.717, 1.165) is 29.8 Å². The fraction of sp³-hybridized carbons (Fsp3) is 0.533. The first-order valence-corrected chi connectivity index (χ1v) is 8.37. The molecule has 0 radical (unpaired) electrons. The van der Waals surface area contributed by atoms with Crippen LogP contribution >= 0.6 is 23.2 Å². The zero-order valence-corrected chi connectivity index (χ0v) is 13.5. The van der Waals surface area contributed by atoms with Crippen LogP contribution in [0.5, 0.6) is 0 Å². The number of halogens is 2. The lowest BCUT2D eigenvalue weighted by Gasteiger charge is -2.17. The number of H-pyrrole nitrogens is 1. The van der Waals surface area contributed by atoms with Crippen molar-refractivity contribution in [1.82, 2.24) is 20.2 Å². The second kappa shape index (κ2) is 5.39. The summed E-state index contributed by atoms with van der Waals surface area (Å²) in [5, 5.41) is 7.87. The van der Waals surface area contributed by atoms with Crippen LogP contribution in [0.15, 0.2) is 6.07 Å². The van der Waals surface area contributed by atoms with E-state index in [1.165, 1.54) is 19.3 Å². The van der Waals surface area contributed by atoms with Gasteiger partial charge in [-0.15, -0.1) is 0 Å². The molecule has 0 bridgehead atoms. The number of rotatable bonds is 2. The molecule has 0 amide bonds. The monoisotopic (exact) mass is 337 g/mol. The molecule has 1 saturated carbocycles. The van der Waals surface area contributed by atoms with Crippen molar-refractivity contribution in [3.63, 3.8) is 0 Å². The smallest absolute Gasteiger partial charge is 0.224 e. The lowest BCUT2D eigenvalue weighted by molar-refractivity contribution is 0.348. The summed E-state index contributed by atoms with van der Waals surface area (Å²) in [6.07, 6.45) is 5.49. The van der Waals surface area contributed by atoms with Crippen molar-refractivity contribution in [2.24, 2.45) is 11.8 Å². The second-order valence-corrected chi connectivity index (χ2v) is 7.09. The summed E-state index contributed by atoms with van der Waals surface area (Å²) in [5.74, 6) is 2.37. The first kappa shape index (κ1) is 14.3. The van der Waals surface area contributed by atoms with E-state index >= 15 is 0 Å². The summed E-state index contributed by atoms with van der Waals surface area (Å²) in [6.45, 7) is 0. The van der Waals surface area contributed by atoms with Crippen LogP contribution in [-0.2, 0) is 12.8 Å². The number of nitrogen functional groups attached to an aromatic ring is 1. The summed E-state index contributed by atoms with van der Waals surface area (Å²) in [5.41, 5.74) is 8.99. The molecular weight excluding hydrogens is 321 g/mol. The zero-order valence-electron chi connectivity index (χ0n) is 12.0. The van der Waals surface area contributed by atoms with Crippen molar-refractivity contribution in [3.05, 3.63) is 33.5 Å². The number of fused-ring (bicyclic) bond motifs is 1. The van der Waals surface area contributed by atoms with Crippen molar-refractivity contribution >= 4 is 29.0 Å². The van der Waals surface area contributed by atoms with Gasteiger partial charge < -0.3 is 5.73 Å². The van der Waals surface area contributed by atoms with Gasteiger partial charge in [-0.05, 0) is 55.5 Å². The Morgan fingerprint density at radius 3 is 2.77 bits per heavy atom. The van der Waals surface area contributed by atoms with Gasteiger partial charge in [-0.2, -0.15) is 5.10 Å². The number of hydrogen-bond acceptors (Lipinski definition) is 4. The third-order valence-electron chi connectivity index (χ3n) is 5.13. The van der Waals surface area contributed by atoms with Crippen molar-refractivity contribution in [1.29, 1.82) is 0 Å². The van der Waals surface area contributed by atoms with E-state index in [1.54, 1.807) is 0 Å². The minimum Gasteiger partial charge on any atom is -0.382 e. The molecule has 0 aromatic carbocycles. The van der Waals surface area contributed by atoms with Crippen LogP contribution in [0.3, 0.4) is 0 Å². The van der Waals surface area contributed by atoms with E-state index < -0.39 is 0 Å². The SMILES string of the molecule is Nc1cc(C2CCC(C3Cc4nc(Cl)nc(Cl)c4C3)C2)[nH]n1. The highest BCUT2D eigenvalue weighted by molar-refractivity contribution is 6.32. The summed E-state index contributed by atoms with van der Waals surface area (Å²) >= 11 is 12.1. The van der Waals surface area contributed by atoms with Crippen LogP contribution in [0, 0.1) is 11.8 Å². The maximum atomic E-state index is 6.21. The minimum absolute atomic E-state index is 0.252. The quantitative estimate of drug-likeness (QED) is 0.650. The normalized spacial score (nSPS) is 27.3. The predicted molar refractivity (Wildman–Crippen MR) is 86.0 cm³/mol. The molecule has 0 spiro atoms. The molecule has 7 heteroatoms. The Morgan fingerprint density at radius 2 is 2.00 bits per heavy atom. The predicted octanol–water partition coefficient (Wildman–Crippen LogP) is 3.39. The highest BCUT2D eigenvalue weighted by Gasteiger charge is 2.37. The molecule has 3 atom stereocenters. The van der Waals surface area contributed by atoms with Gasteiger partial charge in [0, 0.05) is 23.2 Å². The van der Waals surface area contributed by atoms with Gasteiger partial charge in [0.2, 0.25) is 5.28 Å². The van der Waals surface area contributed by atoms with E-state index in [4.69, 9.17) is 28.9 Å². The fourth-order valence-electron chi connectivity index (χ4n) is 4.05. The lowest BCUT2D eigenvalue weighted by Crippen LogP contribution is -2.12. The molecule has 2 aromatic heterocycles. The van der Waals surface area contributed by atoms with Crippen LogP contribution in [-0.4, -0.2) is 20.2 Å². The fourth-order valence-corrected chi connectivity index (χ4v) is 4.54. The number of anilines is 1. The lowest BCUT2D eigenvalue weighted by atomic mass is 9.87. The molecule has 116 valence electrons. The third-order valence-corrected chi connectivity index (χ3v) is 5.62. The van der Waals surface area contributed by atoms with Crippen molar-refractivity contribution in [3.8, 4) is 0 Å². The van der Waals surface area contributed by atoms with E-state index in [9.17, 15) is 0 Å². The van der Waals surface area contributed by atoms with E-state index in [0.29, 0.717) is 28.7 Å². The molecule has 5 nitrogen and oxygen atoms in total. The summed E-state index contributed by atoms with van der Waals surface area (Å²) in [6, 6.07) is 1.96. The number of hydrogen-bond donors (Lipinski definition) is 2. The summed E-state index contributed by atoms with van der Waals surface area (Å²) in [4.78, 5) is 8.42. The van der Waals surface area contributed by atoms with E-state index in [1.807, 2.05) is 6.07 Å². The Balaban J connectivity index is 1.48. The molecule has 1 fully saturated rings. The average molecular weight is 338 g/mol. The second-order valence-electron chi connectivity index (χ2n) is 6.40. The van der Waals surface area contributed by atoms with E-state index in [-0.39, 0.29) is 5.28 Å². The van der Waals surface area contributed by atoms with Crippen LogP contribution < -0.4 is 5.73 Å². The Morgan fingerprint density at radius 1 is 1.14 bits per heavy atom. The molecular formula is C15H17Cl2N5. The van der Waals surface area contributed by atoms with Crippen molar-refractivity contribution < 1.29 is 0 Å². The first-order chi connectivity index (χ1) is 10.6. The maximum Gasteiger partial charge on any atom is 0.224 e.